The third-order valence-corrected chi connectivity index (χ3v) is 3.46. The average molecular weight is 184 g/mol. The van der Waals surface area contributed by atoms with Crippen LogP contribution < -0.4 is 0 Å². The molecular weight excluding hydrogens is 168 g/mol. The lowest BCUT2D eigenvalue weighted by Gasteiger charge is -2.49. The Balaban J connectivity index is 2.01. The third kappa shape index (κ3) is 1.26. The van der Waals surface area contributed by atoms with E-state index in [-0.39, 0.29) is 29.3 Å². The highest BCUT2D eigenvalue weighted by Crippen LogP contribution is 2.50. The molecule has 13 heavy (non-hydrogen) atoms. The van der Waals surface area contributed by atoms with Crippen LogP contribution in [0.3, 0.4) is 0 Å². The lowest BCUT2D eigenvalue weighted by molar-refractivity contribution is -0.156. The van der Waals surface area contributed by atoms with Crippen molar-refractivity contribution in [2.75, 3.05) is 6.61 Å². The molecule has 0 amide bonds. The van der Waals surface area contributed by atoms with Gasteiger partial charge in [-0.05, 0) is 24.2 Å². The van der Waals surface area contributed by atoms with Crippen LogP contribution in [0.25, 0.3) is 0 Å². The van der Waals surface area contributed by atoms with E-state index in [2.05, 4.69) is 0 Å². The molecule has 3 atom stereocenters. The first-order valence-corrected chi connectivity index (χ1v) is 4.87. The number of carbonyl (C=O) groups is 1. The molecule has 0 aromatic heterocycles. The fourth-order valence-corrected chi connectivity index (χ4v) is 2.52. The number of aliphatic hydroxyl groups is 1. The highest BCUT2D eigenvalue weighted by Gasteiger charge is 2.52. The number of rotatable bonds is 1. The minimum atomic E-state index is -0.330. The summed E-state index contributed by atoms with van der Waals surface area (Å²) in [5.74, 6) is -0.00688. The van der Waals surface area contributed by atoms with Gasteiger partial charge in [-0.3, -0.25) is 4.79 Å². The number of hydrogen-bond donors (Lipinski definition) is 1. The highest BCUT2D eigenvalue weighted by molar-refractivity contribution is 5.74. The van der Waals surface area contributed by atoms with Gasteiger partial charge in [-0.2, -0.15) is 0 Å². The smallest absolute Gasteiger partial charge is 0.309 e. The number of carbonyl (C=O) groups excluding carboxylic acids is 1. The van der Waals surface area contributed by atoms with E-state index in [0.717, 1.165) is 12.8 Å². The van der Waals surface area contributed by atoms with E-state index < -0.39 is 0 Å². The fourth-order valence-electron chi connectivity index (χ4n) is 2.52. The van der Waals surface area contributed by atoms with Crippen LogP contribution in [-0.4, -0.2) is 23.8 Å². The Labute approximate surface area is 78.1 Å². The normalized spacial score (nSPS) is 42.7. The van der Waals surface area contributed by atoms with Gasteiger partial charge in [0.1, 0.15) is 0 Å². The molecule has 1 heterocycles. The van der Waals surface area contributed by atoms with Crippen molar-refractivity contribution in [3.05, 3.63) is 0 Å². The van der Waals surface area contributed by atoms with Gasteiger partial charge >= 0.3 is 5.97 Å². The molecule has 0 aromatic carbocycles. The van der Waals surface area contributed by atoms with E-state index >= 15 is 0 Å². The van der Waals surface area contributed by atoms with Crippen molar-refractivity contribution < 1.29 is 14.6 Å². The van der Waals surface area contributed by atoms with Gasteiger partial charge in [0.2, 0.25) is 0 Å². The first kappa shape index (κ1) is 9.00. The molecule has 0 spiro atoms. The number of ether oxygens (including phenoxy) is 1. The largest absolute Gasteiger partial charge is 0.465 e. The number of cyclic esters (lactones) is 1. The van der Waals surface area contributed by atoms with Crippen molar-refractivity contribution in [2.24, 2.45) is 17.3 Å². The van der Waals surface area contributed by atoms with Crippen LogP contribution in [0.4, 0.5) is 0 Å². The molecule has 0 bridgehead atoms. The average Bonchev–Trinajstić information content (AvgIpc) is 2.47. The molecule has 1 saturated heterocycles. The van der Waals surface area contributed by atoms with Crippen LogP contribution in [0, 0.1) is 17.3 Å². The van der Waals surface area contributed by atoms with E-state index in [4.69, 9.17) is 4.74 Å². The Morgan fingerprint density at radius 3 is 2.62 bits per heavy atom. The molecular formula is C10H16O3. The summed E-state index contributed by atoms with van der Waals surface area (Å²) >= 11 is 0. The molecule has 2 fully saturated rings. The Morgan fingerprint density at radius 2 is 2.23 bits per heavy atom. The topological polar surface area (TPSA) is 46.5 Å². The van der Waals surface area contributed by atoms with Crippen molar-refractivity contribution in [1.82, 2.24) is 0 Å². The van der Waals surface area contributed by atoms with Crippen LogP contribution in [0.1, 0.15) is 26.7 Å². The van der Waals surface area contributed by atoms with E-state index in [9.17, 15) is 9.90 Å². The molecule has 1 N–H and O–H groups in total. The van der Waals surface area contributed by atoms with Crippen molar-refractivity contribution in [3.8, 4) is 0 Å². The van der Waals surface area contributed by atoms with Crippen LogP contribution in [0.2, 0.25) is 0 Å². The second-order valence-electron chi connectivity index (χ2n) is 4.86. The number of aliphatic hydroxyl groups excluding tert-OH is 1. The Bertz CT molecular complexity index is 234. The first-order valence-electron chi connectivity index (χ1n) is 4.87. The molecule has 0 radical (unpaired) electrons. The molecule has 3 nitrogen and oxygen atoms in total. The minimum Gasteiger partial charge on any atom is -0.465 e. The van der Waals surface area contributed by atoms with Gasteiger partial charge in [0, 0.05) is 0 Å². The maximum absolute atomic E-state index is 11.2. The van der Waals surface area contributed by atoms with Gasteiger partial charge in [-0.25, -0.2) is 0 Å². The van der Waals surface area contributed by atoms with E-state index in [1.165, 1.54) is 0 Å². The van der Waals surface area contributed by atoms with Crippen molar-refractivity contribution in [3.63, 3.8) is 0 Å². The van der Waals surface area contributed by atoms with E-state index in [1.54, 1.807) is 0 Å². The maximum Gasteiger partial charge on any atom is 0.309 e. The second kappa shape index (κ2) is 2.71. The van der Waals surface area contributed by atoms with Crippen LogP contribution >= 0.6 is 0 Å². The summed E-state index contributed by atoms with van der Waals surface area (Å²) < 4.78 is 4.89. The first-order chi connectivity index (χ1) is 6.02. The standard InChI is InChI=1S/C10H16O3/c1-10(2)5-7(8(10)11)6-3-4-13-9(6)12/h6-8,11H,3-5H2,1-2H3/t6-,7+,8+/m0/s1. The van der Waals surface area contributed by atoms with Gasteiger partial charge in [0.15, 0.2) is 0 Å². The predicted octanol–water partition coefficient (Wildman–Crippen LogP) is 0.956. The summed E-state index contributed by atoms with van der Waals surface area (Å²) in [6, 6.07) is 0. The Kier molecular flexibility index (Phi) is 1.88. The minimum absolute atomic E-state index is 0.00641. The molecule has 2 rings (SSSR count). The SMILES string of the molecule is CC1(C)C[C@H]([C@@H]2CCOC2=O)[C@H]1O. The summed E-state index contributed by atoms with van der Waals surface area (Å²) in [5.41, 5.74) is -0.00641. The summed E-state index contributed by atoms with van der Waals surface area (Å²) in [6.07, 6.45) is 1.40. The van der Waals surface area contributed by atoms with E-state index in [0.29, 0.717) is 6.61 Å². The molecule has 0 unspecified atom stereocenters. The molecule has 3 heteroatoms. The number of hydrogen-bond acceptors (Lipinski definition) is 3. The maximum atomic E-state index is 11.2. The monoisotopic (exact) mass is 184 g/mol. The summed E-state index contributed by atoms with van der Waals surface area (Å²) in [7, 11) is 0. The fraction of sp³-hybridized carbons (Fsp3) is 0.900. The predicted molar refractivity (Wildman–Crippen MR) is 47.0 cm³/mol. The quantitative estimate of drug-likeness (QED) is 0.617. The van der Waals surface area contributed by atoms with Gasteiger partial charge in [0.25, 0.3) is 0 Å². The van der Waals surface area contributed by atoms with Crippen molar-refractivity contribution in [2.45, 2.75) is 32.8 Å². The van der Waals surface area contributed by atoms with Crippen LogP contribution in [-0.2, 0) is 9.53 Å². The number of esters is 1. The summed E-state index contributed by atoms with van der Waals surface area (Å²) in [5, 5.41) is 9.81. The molecule has 74 valence electrons. The Hall–Kier alpha value is -0.570. The molecule has 1 aliphatic carbocycles. The molecule has 2 aliphatic rings. The lowest BCUT2D eigenvalue weighted by Crippen LogP contribution is -2.52. The van der Waals surface area contributed by atoms with E-state index in [1.807, 2.05) is 13.8 Å². The Morgan fingerprint density at radius 1 is 1.54 bits per heavy atom. The van der Waals surface area contributed by atoms with Crippen LogP contribution in [0.5, 0.6) is 0 Å². The van der Waals surface area contributed by atoms with Gasteiger partial charge in [-0.1, -0.05) is 13.8 Å². The van der Waals surface area contributed by atoms with Gasteiger partial charge < -0.3 is 9.84 Å². The van der Waals surface area contributed by atoms with Gasteiger partial charge in [0.05, 0.1) is 18.6 Å². The molecule has 1 saturated carbocycles. The molecule has 0 aromatic rings. The zero-order valence-electron chi connectivity index (χ0n) is 8.12. The van der Waals surface area contributed by atoms with Crippen LogP contribution in [0.15, 0.2) is 0 Å². The van der Waals surface area contributed by atoms with Gasteiger partial charge in [-0.15, -0.1) is 0 Å². The third-order valence-electron chi connectivity index (χ3n) is 3.46. The second-order valence-corrected chi connectivity index (χ2v) is 4.86. The molecule has 1 aliphatic heterocycles. The lowest BCUT2D eigenvalue weighted by atomic mass is 9.57. The highest BCUT2D eigenvalue weighted by atomic mass is 16.5. The zero-order valence-corrected chi connectivity index (χ0v) is 8.12. The van der Waals surface area contributed by atoms with Crippen molar-refractivity contribution >= 4 is 5.97 Å². The zero-order chi connectivity index (χ0) is 9.64. The van der Waals surface area contributed by atoms with Crippen molar-refractivity contribution in [1.29, 1.82) is 0 Å². The summed E-state index contributed by atoms with van der Waals surface area (Å²) in [6.45, 7) is 4.61. The summed E-state index contributed by atoms with van der Waals surface area (Å²) in [4.78, 5) is 11.2.